The number of ether oxygens (including phenoxy) is 1. The number of amides is 2. The molecule has 2 atom stereocenters. The van der Waals surface area contributed by atoms with Crippen molar-refractivity contribution in [3.63, 3.8) is 0 Å². The fourth-order valence-electron chi connectivity index (χ4n) is 3.85. The van der Waals surface area contributed by atoms with Crippen molar-refractivity contribution in [3.05, 3.63) is 11.7 Å². The molecule has 0 aliphatic carbocycles. The van der Waals surface area contributed by atoms with E-state index in [1.165, 1.54) is 0 Å². The van der Waals surface area contributed by atoms with Gasteiger partial charge in [-0.25, -0.2) is 4.79 Å². The Hall–Kier alpha value is -1.67. The first-order valence-electron chi connectivity index (χ1n) is 9.83. The van der Waals surface area contributed by atoms with Crippen LogP contribution in [0.5, 0.6) is 0 Å². The third-order valence-corrected chi connectivity index (χ3v) is 5.33. The zero-order valence-corrected chi connectivity index (χ0v) is 15.9. The van der Waals surface area contributed by atoms with Crippen LogP contribution >= 0.6 is 0 Å². The Kier molecular flexibility index (Phi) is 6.85. The number of aryl methyl sites for hydroxylation is 1. The number of aromatic nitrogens is 2. The van der Waals surface area contributed by atoms with Gasteiger partial charge in [0.05, 0.1) is 12.6 Å². The minimum atomic E-state index is 0.0398. The molecule has 3 heterocycles. The average molecular weight is 365 g/mol. The first-order valence-corrected chi connectivity index (χ1v) is 9.83. The molecule has 0 radical (unpaired) electrons. The van der Waals surface area contributed by atoms with Gasteiger partial charge in [0, 0.05) is 39.2 Å². The number of likely N-dealkylation sites (tertiary alicyclic amines) is 1. The quantitative estimate of drug-likeness (QED) is 0.829. The number of hydrogen-bond acceptors (Lipinski definition) is 6. The summed E-state index contributed by atoms with van der Waals surface area (Å²) in [5.41, 5.74) is 0. The lowest BCUT2D eigenvalue weighted by molar-refractivity contribution is 0.109. The Balaban J connectivity index is 1.47. The van der Waals surface area contributed by atoms with E-state index in [9.17, 15) is 4.79 Å². The number of rotatable bonds is 6. The molecule has 1 N–H and O–H groups in total. The minimum Gasteiger partial charge on any atom is -0.376 e. The van der Waals surface area contributed by atoms with Gasteiger partial charge in [-0.05, 0) is 38.6 Å². The van der Waals surface area contributed by atoms with E-state index < -0.39 is 0 Å². The zero-order chi connectivity index (χ0) is 18.4. The van der Waals surface area contributed by atoms with E-state index in [1.54, 1.807) is 0 Å². The molecule has 0 spiro atoms. The van der Waals surface area contributed by atoms with Gasteiger partial charge in [0.25, 0.3) is 0 Å². The molecule has 3 rings (SSSR count). The molecule has 8 nitrogen and oxygen atoms in total. The standard InChI is InChI=1S/C18H31N5O3/c1-3-22(13-17-20-14(2)26-21-17)15-6-4-9-23(10-8-15)18(24)19-12-16-7-5-11-25-16/h15-16H,3-13H2,1-2H3,(H,19,24)/t15-,16-/m0/s1. The van der Waals surface area contributed by atoms with Gasteiger partial charge in [-0.2, -0.15) is 4.98 Å². The van der Waals surface area contributed by atoms with Gasteiger partial charge in [-0.15, -0.1) is 0 Å². The van der Waals surface area contributed by atoms with Gasteiger partial charge < -0.3 is 19.5 Å². The van der Waals surface area contributed by atoms with Gasteiger partial charge in [0.1, 0.15) is 0 Å². The van der Waals surface area contributed by atoms with Gasteiger partial charge in [0.15, 0.2) is 5.82 Å². The fraction of sp³-hybridized carbons (Fsp3) is 0.833. The number of carbonyl (C=O) groups excluding carboxylic acids is 1. The van der Waals surface area contributed by atoms with Crippen molar-refractivity contribution < 1.29 is 14.1 Å². The largest absolute Gasteiger partial charge is 0.376 e. The molecular weight excluding hydrogens is 334 g/mol. The summed E-state index contributed by atoms with van der Waals surface area (Å²) in [6.45, 7) is 8.63. The van der Waals surface area contributed by atoms with E-state index in [4.69, 9.17) is 9.26 Å². The van der Waals surface area contributed by atoms with E-state index in [1.807, 2.05) is 11.8 Å². The van der Waals surface area contributed by atoms with Crippen molar-refractivity contribution in [1.82, 2.24) is 25.3 Å². The minimum absolute atomic E-state index is 0.0398. The third kappa shape index (κ3) is 5.17. The van der Waals surface area contributed by atoms with Crippen molar-refractivity contribution in [2.45, 2.75) is 64.6 Å². The number of hydrogen-bond donors (Lipinski definition) is 1. The monoisotopic (exact) mass is 365 g/mol. The molecule has 2 aliphatic heterocycles. The van der Waals surface area contributed by atoms with Crippen LogP contribution < -0.4 is 5.32 Å². The average Bonchev–Trinajstić information content (AvgIpc) is 3.24. The predicted octanol–water partition coefficient (Wildman–Crippen LogP) is 1.94. The Morgan fingerprint density at radius 1 is 1.31 bits per heavy atom. The first-order chi connectivity index (χ1) is 12.7. The Labute approximate surface area is 155 Å². The first kappa shape index (κ1) is 19.1. The van der Waals surface area contributed by atoms with Crippen LogP contribution in [0, 0.1) is 6.92 Å². The lowest BCUT2D eigenvalue weighted by Gasteiger charge is -2.29. The highest BCUT2D eigenvalue weighted by molar-refractivity contribution is 5.74. The number of nitrogens with zero attached hydrogens (tertiary/aromatic N) is 4. The van der Waals surface area contributed by atoms with Crippen molar-refractivity contribution in [2.24, 2.45) is 0 Å². The fourth-order valence-corrected chi connectivity index (χ4v) is 3.85. The Morgan fingerprint density at radius 2 is 2.19 bits per heavy atom. The molecule has 2 saturated heterocycles. The molecule has 1 aromatic heterocycles. The molecule has 0 aromatic carbocycles. The highest BCUT2D eigenvalue weighted by Crippen LogP contribution is 2.19. The van der Waals surface area contributed by atoms with Crippen LogP contribution in [-0.4, -0.2) is 70.9 Å². The number of nitrogens with one attached hydrogen (secondary N) is 1. The van der Waals surface area contributed by atoms with E-state index in [2.05, 4.69) is 27.3 Å². The molecule has 2 aliphatic rings. The Morgan fingerprint density at radius 3 is 2.88 bits per heavy atom. The van der Waals surface area contributed by atoms with Crippen LogP contribution in [0.3, 0.4) is 0 Å². The summed E-state index contributed by atoms with van der Waals surface area (Å²) >= 11 is 0. The second-order valence-corrected chi connectivity index (χ2v) is 7.19. The molecule has 2 fully saturated rings. The summed E-state index contributed by atoms with van der Waals surface area (Å²) in [6, 6.07) is 0.479. The highest BCUT2D eigenvalue weighted by atomic mass is 16.5. The summed E-state index contributed by atoms with van der Waals surface area (Å²) in [4.78, 5) is 21.1. The van der Waals surface area contributed by atoms with Gasteiger partial charge in [-0.1, -0.05) is 12.1 Å². The molecule has 26 heavy (non-hydrogen) atoms. The van der Waals surface area contributed by atoms with Crippen LogP contribution in [0.15, 0.2) is 4.52 Å². The number of urea groups is 1. The molecule has 8 heteroatoms. The molecule has 1 aromatic rings. The van der Waals surface area contributed by atoms with Gasteiger partial charge in [-0.3, -0.25) is 4.90 Å². The van der Waals surface area contributed by atoms with Crippen LogP contribution in [0.1, 0.15) is 50.7 Å². The lowest BCUT2D eigenvalue weighted by Crippen LogP contribution is -2.43. The summed E-state index contributed by atoms with van der Waals surface area (Å²) in [7, 11) is 0. The van der Waals surface area contributed by atoms with E-state index in [0.717, 1.165) is 64.2 Å². The zero-order valence-electron chi connectivity index (χ0n) is 15.9. The predicted molar refractivity (Wildman–Crippen MR) is 96.7 cm³/mol. The second kappa shape index (κ2) is 9.32. The SMILES string of the molecule is CCN(Cc1noc(C)n1)[C@H]1CCCN(C(=O)NC[C@@H]2CCCO2)CC1. The molecule has 146 valence electrons. The maximum atomic E-state index is 12.5. The summed E-state index contributed by atoms with van der Waals surface area (Å²) < 4.78 is 10.7. The lowest BCUT2D eigenvalue weighted by atomic mass is 10.1. The second-order valence-electron chi connectivity index (χ2n) is 7.19. The van der Waals surface area contributed by atoms with Crippen molar-refractivity contribution in [2.75, 3.05) is 32.8 Å². The summed E-state index contributed by atoms with van der Waals surface area (Å²) in [6.07, 6.45) is 5.40. The van der Waals surface area contributed by atoms with Crippen LogP contribution in [0.25, 0.3) is 0 Å². The highest BCUT2D eigenvalue weighted by Gasteiger charge is 2.25. The molecule has 0 bridgehead atoms. The van der Waals surface area contributed by atoms with Crippen molar-refractivity contribution in [3.8, 4) is 0 Å². The Bertz CT molecular complexity index is 573. The van der Waals surface area contributed by atoms with Gasteiger partial charge >= 0.3 is 6.03 Å². The van der Waals surface area contributed by atoms with E-state index >= 15 is 0 Å². The molecule has 0 saturated carbocycles. The smallest absolute Gasteiger partial charge is 0.317 e. The van der Waals surface area contributed by atoms with Crippen LogP contribution in [0.2, 0.25) is 0 Å². The van der Waals surface area contributed by atoms with E-state index in [0.29, 0.717) is 25.0 Å². The van der Waals surface area contributed by atoms with Crippen LogP contribution in [-0.2, 0) is 11.3 Å². The normalized spacial score (nSPS) is 24.0. The molecule has 2 amide bonds. The summed E-state index contributed by atoms with van der Waals surface area (Å²) in [5, 5.41) is 7.05. The van der Waals surface area contributed by atoms with Crippen LogP contribution in [0.4, 0.5) is 4.79 Å². The van der Waals surface area contributed by atoms with E-state index in [-0.39, 0.29) is 12.1 Å². The topological polar surface area (TPSA) is 83.7 Å². The van der Waals surface area contributed by atoms with Gasteiger partial charge in [0.2, 0.25) is 5.89 Å². The molecular formula is C18H31N5O3. The maximum absolute atomic E-state index is 12.5. The molecule has 0 unspecified atom stereocenters. The van der Waals surface area contributed by atoms with Crippen molar-refractivity contribution >= 4 is 6.03 Å². The third-order valence-electron chi connectivity index (χ3n) is 5.33. The maximum Gasteiger partial charge on any atom is 0.317 e. The van der Waals surface area contributed by atoms with Crippen molar-refractivity contribution in [1.29, 1.82) is 0 Å². The number of carbonyl (C=O) groups is 1. The summed E-state index contributed by atoms with van der Waals surface area (Å²) in [5.74, 6) is 1.34.